The van der Waals surface area contributed by atoms with Gasteiger partial charge in [0.15, 0.2) is 0 Å². The van der Waals surface area contributed by atoms with Gasteiger partial charge in [-0.3, -0.25) is 4.79 Å². The Balaban J connectivity index is 2.70. The quantitative estimate of drug-likeness (QED) is 0.802. The Morgan fingerprint density at radius 1 is 1.35 bits per heavy atom. The first-order valence-corrected chi connectivity index (χ1v) is 7.11. The normalized spacial score (nSPS) is 29.1. The second-order valence-electron chi connectivity index (χ2n) is 5.65. The van der Waals surface area contributed by atoms with Gasteiger partial charge in [-0.1, -0.05) is 33.6 Å². The van der Waals surface area contributed by atoms with Crippen molar-refractivity contribution < 1.29 is 4.79 Å². The molecule has 2 atom stereocenters. The molecule has 0 aromatic carbocycles. The lowest BCUT2D eigenvalue weighted by Gasteiger charge is -2.39. The van der Waals surface area contributed by atoms with Gasteiger partial charge in [-0.15, -0.1) is 0 Å². The molecule has 3 nitrogen and oxygen atoms in total. The molecule has 0 aliphatic heterocycles. The van der Waals surface area contributed by atoms with E-state index in [1.54, 1.807) is 0 Å². The SMILES string of the molecule is CCCN(CCC)C(=O)C1(N)CCCC(C)C1. The van der Waals surface area contributed by atoms with Crippen LogP contribution in [0.5, 0.6) is 0 Å². The minimum atomic E-state index is -0.581. The molecule has 0 radical (unpaired) electrons. The van der Waals surface area contributed by atoms with Crippen molar-refractivity contribution in [1.82, 2.24) is 4.90 Å². The molecule has 1 aliphatic rings. The van der Waals surface area contributed by atoms with Crippen molar-refractivity contribution in [2.75, 3.05) is 13.1 Å². The predicted octanol–water partition coefficient (Wildman–Crippen LogP) is 2.54. The zero-order valence-corrected chi connectivity index (χ0v) is 11.7. The minimum Gasteiger partial charge on any atom is -0.341 e. The summed E-state index contributed by atoms with van der Waals surface area (Å²) in [6.45, 7) is 8.13. The van der Waals surface area contributed by atoms with Crippen LogP contribution in [-0.4, -0.2) is 29.4 Å². The topological polar surface area (TPSA) is 46.3 Å². The Morgan fingerprint density at radius 2 is 1.94 bits per heavy atom. The van der Waals surface area contributed by atoms with Crippen LogP contribution in [0.2, 0.25) is 0 Å². The summed E-state index contributed by atoms with van der Waals surface area (Å²) in [6.07, 6.45) is 6.05. The number of hydrogen-bond acceptors (Lipinski definition) is 2. The third kappa shape index (κ3) is 3.70. The number of rotatable bonds is 5. The van der Waals surface area contributed by atoms with Crippen molar-refractivity contribution in [3.05, 3.63) is 0 Å². The Kier molecular flexibility index (Phi) is 5.44. The van der Waals surface area contributed by atoms with Crippen molar-refractivity contribution in [3.8, 4) is 0 Å². The zero-order valence-electron chi connectivity index (χ0n) is 11.7. The highest BCUT2D eigenvalue weighted by Gasteiger charge is 2.40. The Hall–Kier alpha value is -0.570. The third-order valence-electron chi connectivity index (χ3n) is 3.73. The Labute approximate surface area is 106 Å². The fraction of sp³-hybridized carbons (Fsp3) is 0.929. The van der Waals surface area contributed by atoms with Gasteiger partial charge in [0, 0.05) is 13.1 Å². The molecule has 1 fully saturated rings. The maximum absolute atomic E-state index is 12.5. The van der Waals surface area contributed by atoms with E-state index in [4.69, 9.17) is 5.73 Å². The summed E-state index contributed by atoms with van der Waals surface area (Å²) in [5, 5.41) is 0. The molecule has 2 N–H and O–H groups in total. The summed E-state index contributed by atoms with van der Waals surface area (Å²) in [7, 11) is 0. The van der Waals surface area contributed by atoms with Crippen LogP contribution in [0, 0.1) is 5.92 Å². The number of carbonyl (C=O) groups excluding carboxylic acids is 1. The van der Waals surface area contributed by atoms with Crippen LogP contribution in [0.4, 0.5) is 0 Å². The number of nitrogens with two attached hydrogens (primary N) is 1. The van der Waals surface area contributed by atoms with Gasteiger partial charge in [-0.25, -0.2) is 0 Å². The molecular weight excluding hydrogens is 212 g/mol. The second-order valence-corrected chi connectivity index (χ2v) is 5.65. The minimum absolute atomic E-state index is 0.188. The van der Waals surface area contributed by atoms with Crippen molar-refractivity contribution in [2.24, 2.45) is 11.7 Å². The highest BCUT2D eigenvalue weighted by molar-refractivity contribution is 5.86. The van der Waals surface area contributed by atoms with E-state index in [-0.39, 0.29) is 5.91 Å². The molecule has 0 saturated heterocycles. The first kappa shape index (κ1) is 14.5. The Morgan fingerprint density at radius 3 is 2.41 bits per heavy atom. The van der Waals surface area contributed by atoms with E-state index in [1.807, 2.05) is 4.90 Å². The number of nitrogens with zero attached hydrogens (tertiary/aromatic N) is 1. The summed E-state index contributed by atoms with van der Waals surface area (Å²) in [6, 6.07) is 0. The average molecular weight is 240 g/mol. The molecule has 0 aromatic heterocycles. The molecule has 1 rings (SSSR count). The van der Waals surface area contributed by atoms with E-state index in [0.29, 0.717) is 5.92 Å². The van der Waals surface area contributed by atoms with Crippen molar-refractivity contribution in [2.45, 2.75) is 64.8 Å². The van der Waals surface area contributed by atoms with Gasteiger partial charge < -0.3 is 10.6 Å². The molecule has 1 saturated carbocycles. The van der Waals surface area contributed by atoms with Crippen molar-refractivity contribution >= 4 is 5.91 Å². The average Bonchev–Trinajstić information content (AvgIpc) is 2.27. The summed E-state index contributed by atoms with van der Waals surface area (Å²) < 4.78 is 0. The van der Waals surface area contributed by atoms with Gasteiger partial charge in [0.25, 0.3) is 0 Å². The number of hydrogen-bond donors (Lipinski definition) is 1. The highest BCUT2D eigenvalue weighted by Crippen LogP contribution is 2.31. The van der Waals surface area contributed by atoms with Crippen LogP contribution in [0.15, 0.2) is 0 Å². The molecule has 3 heteroatoms. The van der Waals surface area contributed by atoms with Crippen LogP contribution in [0.3, 0.4) is 0 Å². The smallest absolute Gasteiger partial charge is 0.242 e. The van der Waals surface area contributed by atoms with Crippen LogP contribution in [-0.2, 0) is 4.79 Å². The molecule has 2 unspecified atom stereocenters. The van der Waals surface area contributed by atoms with E-state index >= 15 is 0 Å². The maximum atomic E-state index is 12.5. The molecule has 0 aromatic rings. The largest absolute Gasteiger partial charge is 0.341 e. The van der Waals surface area contributed by atoms with Gasteiger partial charge in [-0.05, 0) is 31.6 Å². The van der Waals surface area contributed by atoms with E-state index in [2.05, 4.69) is 20.8 Å². The Bertz CT molecular complexity index is 249. The monoisotopic (exact) mass is 240 g/mol. The summed E-state index contributed by atoms with van der Waals surface area (Å²) >= 11 is 0. The van der Waals surface area contributed by atoms with E-state index in [9.17, 15) is 4.79 Å². The lowest BCUT2D eigenvalue weighted by molar-refractivity contribution is -0.139. The van der Waals surface area contributed by atoms with Gasteiger partial charge in [0.2, 0.25) is 5.91 Å². The third-order valence-corrected chi connectivity index (χ3v) is 3.73. The molecule has 1 amide bonds. The lowest BCUT2D eigenvalue weighted by atomic mass is 9.76. The molecule has 17 heavy (non-hydrogen) atoms. The zero-order chi connectivity index (χ0) is 12.9. The summed E-state index contributed by atoms with van der Waals surface area (Å²) in [4.78, 5) is 14.5. The lowest BCUT2D eigenvalue weighted by Crippen LogP contribution is -2.57. The molecule has 100 valence electrons. The molecule has 1 aliphatic carbocycles. The van der Waals surface area contributed by atoms with Gasteiger partial charge in [0.1, 0.15) is 0 Å². The summed E-state index contributed by atoms with van der Waals surface area (Å²) in [5.74, 6) is 0.774. The van der Waals surface area contributed by atoms with E-state index in [0.717, 1.165) is 45.2 Å². The van der Waals surface area contributed by atoms with Crippen LogP contribution in [0.1, 0.15) is 59.3 Å². The predicted molar refractivity (Wildman–Crippen MR) is 71.7 cm³/mol. The molecule has 0 bridgehead atoms. The molecule has 0 heterocycles. The fourth-order valence-electron chi connectivity index (χ4n) is 2.96. The number of amides is 1. The number of carbonyl (C=O) groups is 1. The second kappa shape index (κ2) is 6.39. The van der Waals surface area contributed by atoms with Crippen LogP contribution in [0.25, 0.3) is 0 Å². The van der Waals surface area contributed by atoms with Crippen molar-refractivity contribution in [1.29, 1.82) is 0 Å². The highest BCUT2D eigenvalue weighted by atomic mass is 16.2. The van der Waals surface area contributed by atoms with E-state index in [1.165, 1.54) is 6.42 Å². The molecular formula is C14H28N2O. The fourth-order valence-corrected chi connectivity index (χ4v) is 2.96. The standard InChI is InChI=1S/C14H28N2O/c1-4-9-16(10-5-2)13(17)14(15)8-6-7-12(3)11-14/h12H,4-11,15H2,1-3H3. The van der Waals surface area contributed by atoms with Crippen molar-refractivity contribution in [3.63, 3.8) is 0 Å². The van der Waals surface area contributed by atoms with Gasteiger partial charge >= 0.3 is 0 Å². The van der Waals surface area contributed by atoms with Crippen LogP contribution >= 0.6 is 0 Å². The molecule has 0 spiro atoms. The first-order chi connectivity index (χ1) is 8.03. The van der Waals surface area contributed by atoms with Gasteiger partial charge in [0.05, 0.1) is 5.54 Å². The first-order valence-electron chi connectivity index (χ1n) is 7.11. The van der Waals surface area contributed by atoms with Gasteiger partial charge in [-0.2, -0.15) is 0 Å². The van der Waals surface area contributed by atoms with E-state index < -0.39 is 5.54 Å². The van der Waals surface area contributed by atoms with Crippen LogP contribution < -0.4 is 5.73 Å². The summed E-state index contributed by atoms with van der Waals surface area (Å²) in [5.41, 5.74) is 5.78. The maximum Gasteiger partial charge on any atom is 0.242 e.